The van der Waals surface area contributed by atoms with Gasteiger partial charge >= 0.3 is 0 Å². The molecule has 0 aliphatic heterocycles. The van der Waals surface area contributed by atoms with Crippen molar-refractivity contribution in [2.45, 2.75) is 6.92 Å². The van der Waals surface area contributed by atoms with Gasteiger partial charge in [-0.1, -0.05) is 0 Å². The van der Waals surface area contributed by atoms with Crippen LogP contribution in [0.25, 0.3) is 11.0 Å². The van der Waals surface area contributed by atoms with Crippen LogP contribution in [0.2, 0.25) is 5.28 Å². The molecule has 2 heterocycles. The topological polar surface area (TPSA) is 41.6 Å². The highest BCUT2D eigenvalue weighted by Gasteiger charge is 2.08. The van der Waals surface area contributed by atoms with Gasteiger partial charge in [-0.3, -0.25) is 0 Å². The molecule has 0 aromatic carbocycles. The number of aromatic amines is 1. The summed E-state index contributed by atoms with van der Waals surface area (Å²) in [4.78, 5) is 10.3. The SMILES string of the molecule is Cc1nc(Cl)nc2[nH]cc(F)c12. The lowest BCUT2D eigenvalue weighted by molar-refractivity contribution is 0.638. The Morgan fingerprint density at radius 1 is 1.50 bits per heavy atom. The number of hydrogen-bond donors (Lipinski definition) is 1. The summed E-state index contributed by atoms with van der Waals surface area (Å²) < 4.78 is 13.0. The third-order valence-electron chi connectivity index (χ3n) is 1.64. The second kappa shape index (κ2) is 2.42. The number of hydrogen-bond acceptors (Lipinski definition) is 2. The number of nitrogens with zero attached hydrogens (tertiary/aromatic N) is 2. The summed E-state index contributed by atoms with van der Waals surface area (Å²) in [6.07, 6.45) is 1.24. The van der Waals surface area contributed by atoms with Crippen LogP contribution in [-0.2, 0) is 0 Å². The molecule has 2 aromatic heterocycles. The summed E-state index contributed by atoms with van der Waals surface area (Å²) in [5.41, 5.74) is 0.980. The first-order chi connectivity index (χ1) is 5.68. The molecule has 0 saturated heterocycles. The molecule has 0 bridgehead atoms. The van der Waals surface area contributed by atoms with Crippen LogP contribution in [0.1, 0.15) is 5.69 Å². The van der Waals surface area contributed by atoms with Crippen molar-refractivity contribution >= 4 is 22.6 Å². The molecule has 0 spiro atoms. The van der Waals surface area contributed by atoms with Crippen LogP contribution >= 0.6 is 11.6 Å². The van der Waals surface area contributed by atoms with Crippen LogP contribution in [-0.4, -0.2) is 15.0 Å². The molecular formula is C7H5ClFN3. The van der Waals surface area contributed by atoms with Crippen LogP contribution in [0.15, 0.2) is 6.20 Å². The van der Waals surface area contributed by atoms with Crippen molar-refractivity contribution in [1.29, 1.82) is 0 Å². The van der Waals surface area contributed by atoms with Crippen LogP contribution in [0, 0.1) is 12.7 Å². The van der Waals surface area contributed by atoms with Gasteiger partial charge < -0.3 is 4.98 Å². The summed E-state index contributed by atoms with van der Waals surface area (Å²) in [5, 5.41) is 0.529. The Hall–Kier alpha value is -1.16. The molecule has 0 aliphatic carbocycles. The normalized spacial score (nSPS) is 10.9. The van der Waals surface area contributed by atoms with Crippen LogP contribution in [0.5, 0.6) is 0 Å². The number of aromatic nitrogens is 3. The molecule has 12 heavy (non-hydrogen) atoms. The molecule has 2 rings (SSSR count). The Bertz CT molecular complexity index is 437. The van der Waals surface area contributed by atoms with E-state index in [1.807, 2.05) is 0 Å². The van der Waals surface area contributed by atoms with E-state index in [1.165, 1.54) is 6.20 Å². The molecule has 0 aliphatic rings. The molecule has 0 radical (unpaired) electrons. The van der Waals surface area contributed by atoms with Crippen molar-refractivity contribution in [3.63, 3.8) is 0 Å². The quantitative estimate of drug-likeness (QED) is 0.639. The number of nitrogens with one attached hydrogen (secondary N) is 1. The summed E-state index contributed by atoms with van der Waals surface area (Å²) >= 11 is 5.57. The second-order valence-electron chi connectivity index (χ2n) is 2.44. The van der Waals surface area contributed by atoms with Crippen LogP contribution < -0.4 is 0 Å². The van der Waals surface area contributed by atoms with E-state index in [4.69, 9.17) is 11.6 Å². The molecule has 0 unspecified atom stereocenters. The second-order valence-corrected chi connectivity index (χ2v) is 2.78. The summed E-state index contributed by atoms with van der Waals surface area (Å²) in [5.74, 6) is -0.348. The standard InChI is InChI=1S/C7H5ClFN3/c1-3-5-4(9)2-10-6(5)12-7(8)11-3/h2H,1H3,(H,10,11,12). The first-order valence-electron chi connectivity index (χ1n) is 3.35. The fourth-order valence-electron chi connectivity index (χ4n) is 1.13. The monoisotopic (exact) mass is 185 g/mol. The van der Waals surface area contributed by atoms with Gasteiger partial charge in [0.05, 0.1) is 11.1 Å². The first kappa shape index (κ1) is 7.49. The molecule has 3 nitrogen and oxygen atoms in total. The minimum absolute atomic E-state index is 0.127. The number of fused-ring (bicyclic) bond motifs is 1. The number of halogens is 2. The van der Waals surface area contributed by atoms with E-state index in [9.17, 15) is 4.39 Å². The first-order valence-corrected chi connectivity index (χ1v) is 3.73. The minimum atomic E-state index is -0.348. The molecule has 62 valence electrons. The van der Waals surface area contributed by atoms with Crippen molar-refractivity contribution in [3.05, 3.63) is 23.0 Å². The van der Waals surface area contributed by atoms with Gasteiger partial charge in [0.25, 0.3) is 0 Å². The molecule has 0 fully saturated rings. The summed E-state index contributed by atoms with van der Waals surface area (Å²) in [7, 11) is 0. The lowest BCUT2D eigenvalue weighted by Gasteiger charge is -1.94. The average molecular weight is 186 g/mol. The van der Waals surface area contributed by atoms with Crippen molar-refractivity contribution < 1.29 is 4.39 Å². The van der Waals surface area contributed by atoms with Gasteiger partial charge in [-0.2, -0.15) is 4.98 Å². The highest BCUT2D eigenvalue weighted by Crippen LogP contribution is 2.18. The third kappa shape index (κ3) is 0.956. The fraction of sp³-hybridized carbons (Fsp3) is 0.143. The summed E-state index contributed by atoms with van der Waals surface area (Å²) in [6.45, 7) is 1.69. The van der Waals surface area contributed by atoms with E-state index in [2.05, 4.69) is 15.0 Å². The Morgan fingerprint density at radius 2 is 2.25 bits per heavy atom. The Morgan fingerprint density at radius 3 is 3.00 bits per heavy atom. The van der Waals surface area contributed by atoms with Gasteiger partial charge in [0.1, 0.15) is 5.65 Å². The zero-order valence-corrected chi connectivity index (χ0v) is 6.98. The molecule has 5 heteroatoms. The number of rotatable bonds is 0. The van der Waals surface area contributed by atoms with Gasteiger partial charge in [-0.15, -0.1) is 0 Å². The van der Waals surface area contributed by atoms with Crippen molar-refractivity contribution in [3.8, 4) is 0 Å². The molecule has 0 atom stereocenters. The molecular weight excluding hydrogens is 181 g/mol. The lowest BCUT2D eigenvalue weighted by Crippen LogP contribution is -1.88. The average Bonchev–Trinajstić information content (AvgIpc) is 2.31. The Labute approximate surface area is 72.6 Å². The van der Waals surface area contributed by atoms with Gasteiger partial charge in [-0.05, 0) is 18.5 Å². The molecule has 2 aromatic rings. The smallest absolute Gasteiger partial charge is 0.224 e. The molecule has 0 saturated carbocycles. The summed E-state index contributed by atoms with van der Waals surface area (Å²) in [6, 6.07) is 0. The maximum Gasteiger partial charge on any atom is 0.224 e. The molecule has 0 amide bonds. The fourth-order valence-corrected chi connectivity index (χ4v) is 1.34. The van der Waals surface area contributed by atoms with Crippen molar-refractivity contribution in [2.75, 3.05) is 0 Å². The van der Waals surface area contributed by atoms with Crippen LogP contribution in [0.4, 0.5) is 4.39 Å². The maximum atomic E-state index is 13.0. The Kier molecular flexibility index (Phi) is 1.51. The lowest BCUT2D eigenvalue weighted by atomic mass is 10.3. The van der Waals surface area contributed by atoms with Crippen molar-refractivity contribution in [2.24, 2.45) is 0 Å². The van der Waals surface area contributed by atoms with E-state index < -0.39 is 0 Å². The number of H-pyrrole nitrogens is 1. The predicted octanol–water partition coefficient (Wildman–Crippen LogP) is 2.06. The van der Waals surface area contributed by atoms with E-state index in [0.29, 0.717) is 16.7 Å². The van der Waals surface area contributed by atoms with E-state index in [1.54, 1.807) is 6.92 Å². The largest absolute Gasteiger partial charge is 0.343 e. The zero-order chi connectivity index (χ0) is 8.72. The maximum absolute atomic E-state index is 13.0. The van der Waals surface area contributed by atoms with Gasteiger partial charge in [0.2, 0.25) is 5.28 Å². The zero-order valence-electron chi connectivity index (χ0n) is 6.23. The van der Waals surface area contributed by atoms with Crippen molar-refractivity contribution in [1.82, 2.24) is 15.0 Å². The Balaban J connectivity index is 2.93. The highest BCUT2D eigenvalue weighted by molar-refractivity contribution is 6.28. The third-order valence-corrected chi connectivity index (χ3v) is 1.81. The van der Waals surface area contributed by atoms with E-state index in [-0.39, 0.29) is 11.1 Å². The predicted molar refractivity (Wildman–Crippen MR) is 43.6 cm³/mol. The highest BCUT2D eigenvalue weighted by atomic mass is 35.5. The van der Waals surface area contributed by atoms with Gasteiger partial charge in [0, 0.05) is 6.20 Å². The van der Waals surface area contributed by atoms with Gasteiger partial charge in [-0.25, -0.2) is 9.37 Å². The van der Waals surface area contributed by atoms with E-state index >= 15 is 0 Å². The minimum Gasteiger partial charge on any atom is -0.343 e. The van der Waals surface area contributed by atoms with E-state index in [0.717, 1.165) is 0 Å². The van der Waals surface area contributed by atoms with Crippen LogP contribution in [0.3, 0.4) is 0 Å². The van der Waals surface area contributed by atoms with Gasteiger partial charge in [0.15, 0.2) is 5.82 Å². The molecule has 1 N–H and O–H groups in total. The number of aryl methyl sites for hydroxylation is 1.